The van der Waals surface area contributed by atoms with Gasteiger partial charge in [0.1, 0.15) is 10.5 Å². The summed E-state index contributed by atoms with van der Waals surface area (Å²) in [6.07, 6.45) is 0. The summed E-state index contributed by atoms with van der Waals surface area (Å²) in [6.45, 7) is 5.79. The molecule has 0 bridgehead atoms. The van der Waals surface area contributed by atoms with Gasteiger partial charge in [-0.05, 0) is 20.8 Å². The summed E-state index contributed by atoms with van der Waals surface area (Å²) in [6, 6.07) is 0. The van der Waals surface area contributed by atoms with Crippen LogP contribution in [0, 0.1) is 25.4 Å². The molecule has 2 aromatic heterocycles. The highest BCUT2D eigenvalue weighted by Gasteiger charge is 2.04. The van der Waals surface area contributed by atoms with E-state index in [9.17, 15) is 0 Å². The Labute approximate surface area is 80.6 Å². The Morgan fingerprint density at radius 3 is 2.62 bits per heavy atom. The van der Waals surface area contributed by atoms with Crippen molar-refractivity contribution >= 4 is 18.0 Å². The third kappa shape index (κ3) is 1.16. The first kappa shape index (κ1) is 8.37. The van der Waals surface area contributed by atoms with Gasteiger partial charge in [0.15, 0.2) is 0 Å². The number of aromatic amines is 1. The van der Waals surface area contributed by atoms with Crippen LogP contribution in [0.4, 0.5) is 0 Å². The smallest absolute Gasteiger partial charge is 0.252 e. The molecule has 13 heavy (non-hydrogen) atoms. The van der Waals surface area contributed by atoms with Crippen LogP contribution in [-0.4, -0.2) is 19.6 Å². The molecule has 68 valence electrons. The summed E-state index contributed by atoms with van der Waals surface area (Å²) in [5.41, 5.74) is 1.97. The number of aryl methyl sites for hydroxylation is 2. The third-order valence-electron chi connectivity index (χ3n) is 2.08. The first-order chi connectivity index (χ1) is 6.09. The van der Waals surface area contributed by atoms with Gasteiger partial charge in [-0.1, -0.05) is 12.2 Å². The van der Waals surface area contributed by atoms with E-state index in [1.807, 2.05) is 20.8 Å². The van der Waals surface area contributed by atoms with Crippen LogP contribution in [0.1, 0.15) is 17.1 Å². The molecule has 0 aliphatic carbocycles. The SMILES string of the molecule is Cc1nc2nc(C)c(C)c(=S)n2[nH]1. The molecule has 0 aliphatic heterocycles. The van der Waals surface area contributed by atoms with Gasteiger partial charge in [0.05, 0.1) is 0 Å². The standard InChI is InChI=1S/C8H10N4S/c1-4-5(2)9-8-10-6(3)11-12(8)7(4)13/h1-3H3,(H,9,10,11). The molecule has 4 nitrogen and oxygen atoms in total. The lowest BCUT2D eigenvalue weighted by Gasteiger charge is -1.99. The zero-order valence-corrected chi connectivity index (χ0v) is 8.57. The number of hydrogen-bond donors (Lipinski definition) is 1. The highest BCUT2D eigenvalue weighted by molar-refractivity contribution is 7.71. The van der Waals surface area contributed by atoms with Gasteiger partial charge in [-0.15, -0.1) is 0 Å². The van der Waals surface area contributed by atoms with Crippen molar-refractivity contribution in [3.63, 3.8) is 0 Å². The van der Waals surface area contributed by atoms with Crippen molar-refractivity contribution in [2.45, 2.75) is 20.8 Å². The Morgan fingerprint density at radius 2 is 1.92 bits per heavy atom. The number of rotatable bonds is 0. The quantitative estimate of drug-likeness (QED) is 0.649. The maximum absolute atomic E-state index is 5.25. The molecule has 0 aromatic carbocycles. The fraction of sp³-hybridized carbons (Fsp3) is 0.375. The lowest BCUT2D eigenvalue weighted by atomic mass is 10.3. The van der Waals surface area contributed by atoms with E-state index in [0.717, 1.165) is 21.7 Å². The molecule has 0 atom stereocenters. The van der Waals surface area contributed by atoms with E-state index in [0.29, 0.717) is 5.78 Å². The minimum absolute atomic E-state index is 0.644. The van der Waals surface area contributed by atoms with Crippen molar-refractivity contribution in [2.75, 3.05) is 0 Å². The second-order valence-electron chi connectivity index (χ2n) is 3.07. The predicted octanol–water partition coefficient (Wildman–Crippen LogP) is 1.71. The van der Waals surface area contributed by atoms with E-state index >= 15 is 0 Å². The van der Waals surface area contributed by atoms with E-state index in [2.05, 4.69) is 15.1 Å². The average Bonchev–Trinajstić information content (AvgIpc) is 2.42. The Balaban J connectivity index is 3.01. The fourth-order valence-electron chi connectivity index (χ4n) is 1.21. The predicted molar refractivity (Wildman–Crippen MR) is 52.4 cm³/mol. The minimum atomic E-state index is 0.644. The summed E-state index contributed by atoms with van der Waals surface area (Å²) < 4.78 is 2.48. The van der Waals surface area contributed by atoms with Crippen LogP contribution in [0.15, 0.2) is 0 Å². The van der Waals surface area contributed by atoms with Crippen molar-refractivity contribution in [1.82, 2.24) is 19.6 Å². The van der Waals surface area contributed by atoms with Crippen LogP contribution in [0.3, 0.4) is 0 Å². The van der Waals surface area contributed by atoms with Crippen LogP contribution in [-0.2, 0) is 0 Å². The second-order valence-corrected chi connectivity index (χ2v) is 3.46. The molecule has 2 heterocycles. The monoisotopic (exact) mass is 194 g/mol. The van der Waals surface area contributed by atoms with Crippen molar-refractivity contribution in [2.24, 2.45) is 0 Å². The molecule has 0 saturated carbocycles. The van der Waals surface area contributed by atoms with Gasteiger partial charge >= 0.3 is 0 Å². The zero-order valence-electron chi connectivity index (χ0n) is 7.75. The van der Waals surface area contributed by atoms with Crippen molar-refractivity contribution in [1.29, 1.82) is 0 Å². The van der Waals surface area contributed by atoms with Crippen molar-refractivity contribution in [3.05, 3.63) is 21.7 Å². The van der Waals surface area contributed by atoms with Crippen molar-refractivity contribution in [3.8, 4) is 0 Å². The summed E-state index contributed by atoms with van der Waals surface area (Å²) in [5.74, 6) is 1.47. The van der Waals surface area contributed by atoms with Crippen molar-refractivity contribution < 1.29 is 0 Å². The van der Waals surface area contributed by atoms with E-state index in [1.54, 1.807) is 4.52 Å². The number of H-pyrrole nitrogens is 1. The largest absolute Gasteiger partial charge is 0.277 e. The van der Waals surface area contributed by atoms with E-state index in [-0.39, 0.29) is 0 Å². The molecular weight excluding hydrogens is 184 g/mol. The summed E-state index contributed by atoms with van der Waals surface area (Å²) in [5, 5.41) is 3.03. The fourth-order valence-corrected chi connectivity index (χ4v) is 1.48. The van der Waals surface area contributed by atoms with Gasteiger partial charge in [-0.3, -0.25) is 5.10 Å². The normalized spacial score (nSPS) is 11.0. The molecule has 0 unspecified atom stereocenters. The molecule has 0 amide bonds. The third-order valence-corrected chi connectivity index (χ3v) is 2.56. The molecule has 0 fully saturated rings. The molecule has 0 saturated heterocycles. The Kier molecular flexibility index (Phi) is 1.69. The lowest BCUT2D eigenvalue weighted by Crippen LogP contribution is -1.98. The average molecular weight is 194 g/mol. The Hall–Kier alpha value is -1.23. The number of hydrogen-bond acceptors (Lipinski definition) is 3. The van der Waals surface area contributed by atoms with Gasteiger partial charge in [0.25, 0.3) is 5.78 Å². The number of aromatic nitrogens is 4. The number of fused-ring (bicyclic) bond motifs is 1. The van der Waals surface area contributed by atoms with Crippen LogP contribution < -0.4 is 0 Å². The first-order valence-corrected chi connectivity index (χ1v) is 4.43. The van der Waals surface area contributed by atoms with Gasteiger partial charge in [-0.2, -0.15) is 4.98 Å². The van der Waals surface area contributed by atoms with Gasteiger partial charge in [-0.25, -0.2) is 9.50 Å². The second kappa shape index (κ2) is 2.63. The minimum Gasteiger partial charge on any atom is -0.277 e. The van der Waals surface area contributed by atoms with Gasteiger partial charge in [0, 0.05) is 11.3 Å². The highest BCUT2D eigenvalue weighted by atomic mass is 32.1. The molecular formula is C8H10N4S. The first-order valence-electron chi connectivity index (χ1n) is 4.02. The van der Waals surface area contributed by atoms with Crippen LogP contribution in [0.25, 0.3) is 5.78 Å². The lowest BCUT2D eigenvalue weighted by molar-refractivity contribution is 0.883. The maximum atomic E-state index is 5.25. The van der Waals surface area contributed by atoms with Crippen LogP contribution in [0.5, 0.6) is 0 Å². The summed E-state index contributed by atoms with van der Waals surface area (Å²) in [4.78, 5) is 8.52. The van der Waals surface area contributed by atoms with E-state index < -0.39 is 0 Å². The zero-order chi connectivity index (χ0) is 9.59. The number of nitrogens with one attached hydrogen (secondary N) is 1. The van der Waals surface area contributed by atoms with Gasteiger partial charge in [0.2, 0.25) is 0 Å². The van der Waals surface area contributed by atoms with Crippen LogP contribution >= 0.6 is 12.2 Å². The van der Waals surface area contributed by atoms with E-state index in [1.165, 1.54) is 0 Å². The topological polar surface area (TPSA) is 46.0 Å². The molecule has 0 aliphatic rings. The number of nitrogens with zero attached hydrogens (tertiary/aromatic N) is 3. The van der Waals surface area contributed by atoms with Gasteiger partial charge < -0.3 is 0 Å². The Morgan fingerprint density at radius 1 is 1.23 bits per heavy atom. The molecule has 0 spiro atoms. The molecule has 5 heteroatoms. The highest BCUT2D eigenvalue weighted by Crippen LogP contribution is 2.07. The molecule has 2 rings (SSSR count). The van der Waals surface area contributed by atoms with Crippen LogP contribution in [0.2, 0.25) is 0 Å². The molecule has 0 radical (unpaired) electrons. The maximum Gasteiger partial charge on any atom is 0.252 e. The summed E-state index contributed by atoms with van der Waals surface area (Å²) in [7, 11) is 0. The van der Waals surface area contributed by atoms with E-state index in [4.69, 9.17) is 12.2 Å². The molecule has 1 N–H and O–H groups in total. The molecule has 2 aromatic rings. The Bertz CT molecular complexity index is 523. The summed E-state index contributed by atoms with van der Waals surface area (Å²) >= 11 is 5.25.